The lowest BCUT2D eigenvalue weighted by Crippen LogP contribution is -2.27. The minimum absolute atomic E-state index is 0.0741. The zero-order chi connectivity index (χ0) is 22.2. The summed E-state index contributed by atoms with van der Waals surface area (Å²) in [5.41, 5.74) is 3.13. The van der Waals surface area contributed by atoms with E-state index in [-0.39, 0.29) is 5.56 Å². The number of methoxy groups -OCH3 is 2. The molecule has 6 nitrogen and oxygen atoms in total. The number of aromatic nitrogens is 2. The van der Waals surface area contributed by atoms with Crippen molar-refractivity contribution in [1.29, 1.82) is 0 Å². The lowest BCUT2D eigenvalue weighted by atomic mass is 10.0. The number of hydrogen-bond acceptors (Lipinski definition) is 5. The summed E-state index contributed by atoms with van der Waals surface area (Å²) < 4.78 is 19.5. The molecular weight excluding hydrogens is 472 g/mol. The first-order chi connectivity index (χ1) is 15.6. The molecule has 32 heavy (non-hydrogen) atoms. The van der Waals surface area contributed by atoms with E-state index in [2.05, 4.69) is 15.9 Å². The smallest absolute Gasteiger partial charge is 0.265 e. The van der Waals surface area contributed by atoms with E-state index in [9.17, 15) is 4.79 Å². The third-order valence-electron chi connectivity index (χ3n) is 5.64. The number of rotatable bonds is 4. The summed E-state index contributed by atoms with van der Waals surface area (Å²) >= 11 is 3.44. The normalized spacial score (nSPS) is 14.5. The summed E-state index contributed by atoms with van der Waals surface area (Å²) in [4.78, 5) is 18.0. The van der Waals surface area contributed by atoms with Gasteiger partial charge in [-0.05, 0) is 60.4 Å². The van der Waals surface area contributed by atoms with Gasteiger partial charge in [0.2, 0.25) is 5.71 Å². The predicted octanol–water partition coefficient (Wildman–Crippen LogP) is 5.77. The molecule has 0 bridgehead atoms. The van der Waals surface area contributed by atoms with Crippen molar-refractivity contribution in [2.75, 3.05) is 14.2 Å². The molecule has 4 aromatic rings. The van der Waals surface area contributed by atoms with Crippen LogP contribution in [-0.2, 0) is 6.54 Å². The highest BCUT2D eigenvalue weighted by Crippen LogP contribution is 2.33. The summed E-state index contributed by atoms with van der Waals surface area (Å²) in [5, 5.41) is 0.499. The number of halogens is 1. The molecule has 0 amide bonds. The first-order valence-electron chi connectivity index (χ1n) is 10.3. The highest BCUT2D eigenvalue weighted by atomic mass is 79.9. The molecule has 1 aliphatic rings. The molecule has 2 aromatic carbocycles. The van der Waals surface area contributed by atoms with E-state index in [0.29, 0.717) is 40.7 Å². The first-order valence-corrected chi connectivity index (χ1v) is 11.1. The van der Waals surface area contributed by atoms with E-state index in [0.717, 1.165) is 34.0 Å². The molecule has 0 radical (unpaired) electrons. The van der Waals surface area contributed by atoms with E-state index < -0.39 is 0 Å². The maximum absolute atomic E-state index is 13.2. The van der Waals surface area contributed by atoms with Crippen LogP contribution in [0.15, 0.2) is 62.2 Å². The van der Waals surface area contributed by atoms with Gasteiger partial charge >= 0.3 is 0 Å². The van der Waals surface area contributed by atoms with Crippen LogP contribution in [-0.4, -0.2) is 23.8 Å². The van der Waals surface area contributed by atoms with Gasteiger partial charge in [0, 0.05) is 16.6 Å². The third kappa shape index (κ3) is 3.62. The fourth-order valence-electron chi connectivity index (χ4n) is 4.04. The van der Waals surface area contributed by atoms with Crippen molar-refractivity contribution < 1.29 is 13.9 Å². The fourth-order valence-corrected chi connectivity index (χ4v) is 4.31. The van der Waals surface area contributed by atoms with Crippen LogP contribution in [0.3, 0.4) is 0 Å². The average Bonchev–Trinajstić information content (AvgIpc) is 3.25. The second-order valence-corrected chi connectivity index (χ2v) is 8.53. The summed E-state index contributed by atoms with van der Waals surface area (Å²) in [5.74, 6) is 2.61. The Morgan fingerprint density at radius 2 is 1.84 bits per heavy atom. The molecule has 2 aromatic heterocycles. The summed E-state index contributed by atoms with van der Waals surface area (Å²) in [6.07, 6.45) is 3.74. The van der Waals surface area contributed by atoms with Crippen LogP contribution in [0, 0.1) is 0 Å². The molecule has 0 spiro atoms. The zero-order valence-electron chi connectivity index (χ0n) is 17.7. The molecule has 0 aliphatic carbocycles. The minimum atomic E-state index is -0.0741. The molecule has 5 rings (SSSR count). The number of allylic oxidation sites excluding steroid dienone is 1. The highest BCUT2D eigenvalue weighted by Gasteiger charge is 2.22. The van der Waals surface area contributed by atoms with Gasteiger partial charge in [-0.25, -0.2) is 0 Å². The van der Waals surface area contributed by atoms with E-state index in [4.69, 9.17) is 18.9 Å². The van der Waals surface area contributed by atoms with Gasteiger partial charge in [0.25, 0.3) is 5.56 Å². The summed E-state index contributed by atoms with van der Waals surface area (Å²) in [6, 6.07) is 15.3. The van der Waals surface area contributed by atoms with Crippen molar-refractivity contribution in [2.24, 2.45) is 0 Å². The maximum atomic E-state index is 13.2. The van der Waals surface area contributed by atoms with Gasteiger partial charge in [0.05, 0.1) is 14.2 Å². The summed E-state index contributed by atoms with van der Waals surface area (Å²) in [7, 11) is 3.23. The van der Waals surface area contributed by atoms with Gasteiger partial charge in [-0.2, -0.15) is 4.98 Å². The zero-order valence-corrected chi connectivity index (χ0v) is 19.3. The van der Waals surface area contributed by atoms with Gasteiger partial charge in [0.1, 0.15) is 17.0 Å². The van der Waals surface area contributed by atoms with Crippen LogP contribution in [0.5, 0.6) is 11.5 Å². The van der Waals surface area contributed by atoms with E-state index in [1.54, 1.807) is 24.9 Å². The Hall–Kier alpha value is -3.32. The monoisotopic (exact) mass is 492 g/mol. The molecule has 162 valence electrons. The second-order valence-electron chi connectivity index (χ2n) is 7.62. The lowest BCUT2D eigenvalue weighted by molar-refractivity contribution is 0.355. The molecule has 0 saturated carbocycles. The number of nitrogens with zero attached hydrogens (tertiary/aromatic N) is 2. The molecule has 0 N–H and O–H groups in total. The number of fused-ring (bicyclic) bond motifs is 2. The molecule has 0 unspecified atom stereocenters. The van der Waals surface area contributed by atoms with Gasteiger partial charge in [-0.15, -0.1) is 0 Å². The molecule has 0 saturated heterocycles. The molecule has 0 fully saturated rings. The number of furan rings is 1. The Morgan fingerprint density at radius 3 is 2.59 bits per heavy atom. The van der Waals surface area contributed by atoms with Crippen LogP contribution in [0.4, 0.5) is 0 Å². The average molecular weight is 493 g/mol. The van der Waals surface area contributed by atoms with Crippen LogP contribution in [0.1, 0.15) is 24.2 Å². The minimum Gasteiger partial charge on any atom is -0.493 e. The largest absolute Gasteiger partial charge is 0.493 e. The first kappa shape index (κ1) is 20.6. The molecule has 0 atom stereocenters. The van der Waals surface area contributed by atoms with Crippen LogP contribution in [0.2, 0.25) is 0 Å². The molecule has 1 aliphatic heterocycles. The number of benzene rings is 2. The van der Waals surface area contributed by atoms with Crippen LogP contribution >= 0.6 is 15.9 Å². The Morgan fingerprint density at radius 1 is 1.06 bits per heavy atom. The van der Waals surface area contributed by atoms with Crippen LogP contribution < -0.4 is 15.0 Å². The Labute approximate surface area is 193 Å². The number of ether oxygens (including phenoxy) is 2. The van der Waals surface area contributed by atoms with Gasteiger partial charge in [-0.3, -0.25) is 9.36 Å². The van der Waals surface area contributed by atoms with Crippen molar-refractivity contribution in [3.63, 3.8) is 0 Å². The van der Waals surface area contributed by atoms with Gasteiger partial charge < -0.3 is 13.9 Å². The van der Waals surface area contributed by atoms with Crippen molar-refractivity contribution >= 4 is 38.7 Å². The SMILES string of the molecule is COc1ccc(/C=C2\CCCn3c2nc2oc(-c4ccc(Br)cc4)cc2c3=O)cc1OC. The quantitative estimate of drug-likeness (QED) is 0.361. The van der Waals surface area contributed by atoms with Gasteiger partial charge in [-0.1, -0.05) is 34.1 Å². The Kier molecular flexibility index (Phi) is 5.35. The van der Waals surface area contributed by atoms with E-state index in [1.165, 1.54) is 0 Å². The maximum Gasteiger partial charge on any atom is 0.265 e. The lowest BCUT2D eigenvalue weighted by Gasteiger charge is -2.20. The molecule has 7 heteroatoms. The van der Waals surface area contributed by atoms with E-state index >= 15 is 0 Å². The second kappa shape index (κ2) is 8.31. The summed E-state index contributed by atoms with van der Waals surface area (Å²) in [6.45, 7) is 0.638. The number of hydrogen-bond donors (Lipinski definition) is 0. The highest BCUT2D eigenvalue weighted by molar-refractivity contribution is 9.10. The Balaban J connectivity index is 1.61. The fraction of sp³-hybridized carbons (Fsp3) is 0.200. The molecular formula is C25H21BrN2O4. The van der Waals surface area contributed by atoms with Crippen molar-refractivity contribution in [1.82, 2.24) is 9.55 Å². The molecule has 3 heterocycles. The predicted molar refractivity (Wildman–Crippen MR) is 128 cm³/mol. The van der Waals surface area contributed by atoms with E-state index in [1.807, 2.05) is 48.5 Å². The van der Waals surface area contributed by atoms with Crippen LogP contribution in [0.25, 0.3) is 34.1 Å². The third-order valence-corrected chi connectivity index (χ3v) is 6.17. The topological polar surface area (TPSA) is 66.5 Å². The van der Waals surface area contributed by atoms with Gasteiger partial charge in [0.15, 0.2) is 11.5 Å². The standard InChI is InChI=1S/C25H21BrN2O4/c1-30-20-10-5-15(13-22(20)31-2)12-17-4-3-11-28-23(17)27-24-19(25(28)29)14-21(32-24)16-6-8-18(26)9-7-16/h5-10,12-14H,3-4,11H2,1-2H3/b17-12+. The van der Waals surface area contributed by atoms with Crippen molar-refractivity contribution in [3.8, 4) is 22.8 Å². The van der Waals surface area contributed by atoms with Crippen molar-refractivity contribution in [3.05, 3.63) is 74.7 Å². The van der Waals surface area contributed by atoms with Crippen molar-refractivity contribution in [2.45, 2.75) is 19.4 Å². The Bertz CT molecular complexity index is 1400.